The molecule has 124 valence electrons. The van der Waals surface area contributed by atoms with Crippen LogP contribution < -0.4 is 5.32 Å². The molecule has 0 aliphatic heterocycles. The molecule has 0 saturated carbocycles. The smallest absolute Gasteiger partial charge is 0.164 e. The van der Waals surface area contributed by atoms with Gasteiger partial charge in [0.2, 0.25) is 0 Å². The fraction of sp³-hybridized carbons (Fsp3) is 0.278. The molecule has 2 N–H and O–H groups in total. The van der Waals surface area contributed by atoms with Crippen LogP contribution in [0, 0.1) is 0 Å². The summed E-state index contributed by atoms with van der Waals surface area (Å²) in [6.45, 7) is 2.43. The summed E-state index contributed by atoms with van der Waals surface area (Å²) in [4.78, 5) is 12.0. The molecule has 2 aromatic rings. The summed E-state index contributed by atoms with van der Waals surface area (Å²) >= 11 is 5.80. The molecular formula is C18H21Cl2NO2. The van der Waals surface area contributed by atoms with Gasteiger partial charge in [-0.2, -0.15) is 0 Å². The number of aliphatic hydroxyl groups excluding tert-OH is 1. The number of nitrogens with one attached hydrogen (secondary N) is 1. The SMILES string of the molecule is C[C@H](NCCC(=O)c1ccc(Cl)cc1)[C@H](O)c1ccccc1.Cl. The van der Waals surface area contributed by atoms with E-state index in [0.717, 1.165) is 5.56 Å². The van der Waals surface area contributed by atoms with Crippen LogP contribution in [0.4, 0.5) is 0 Å². The predicted octanol–water partition coefficient (Wildman–Crippen LogP) is 4.05. The quantitative estimate of drug-likeness (QED) is 0.738. The normalized spacial score (nSPS) is 13.0. The molecule has 0 radical (unpaired) electrons. The second-order valence-electron chi connectivity index (χ2n) is 5.28. The summed E-state index contributed by atoms with van der Waals surface area (Å²) < 4.78 is 0. The lowest BCUT2D eigenvalue weighted by Gasteiger charge is -2.20. The molecular weight excluding hydrogens is 333 g/mol. The highest BCUT2D eigenvalue weighted by atomic mass is 35.5. The largest absolute Gasteiger partial charge is 0.387 e. The van der Waals surface area contributed by atoms with E-state index in [4.69, 9.17) is 11.6 Å². The van der Waals surface area contributed by atoms with Gasteiger partial charge in [0.25, 0.3) is 0 Å². The summed E-state index contributed by atoms with van der Waals surface area (Å²) in [7, 11) is 0. The molecule has 23 heavy (non-hydrogen) atoms. The molecule has 2 aromatic carbocycles. The number of carbonyl (C=O) groups excluding carboxylic acids is 1. The average molecular weight is 354 g/mol. The molecule has 0 amide bonds. The number of hydrogen-bond donors (Lipinski definition) is 2. The predicted molar refractivity (Wildman–Crippen MR) is 96.5 cm³/mol. The Morgan fingerprint density at radius 2 is 1.74 bits per heavy atom. The third kappa shape index (κ3) is 5.96. The van der Waals surface area contributed by atoms with Gasteiger partial charge in [0.15, 0.2) is 5.78 Å². The molecule has 0 aromatic heterocycles. The van der Waals surface area contributed by atoms with E-state index in [1.807, 2.05) is 37.3 Å². The van der Waals surface area contributed by atoms with Gasteiger partial charge in [0.05, 0.1) is 6.10 Å². The van der Waals surface area contributed by atoms with Gasteiger partial charge in [0, 0.05) is 29.6 Å². The van der Waals surface area contributed by atoms with E-state index in [9.17, 15) is 9.90 Å². The highest BCUT2D eigenvalue weighted by molar-refractivity contribution is 6.30. The zero-order valence-electron chi connectivity index (χ0n) is 12.9. The third-order valence-electron chi connectivity index (χ3n) is 3.60. The minimum absolute atomic E-state index is 0. The summed E-state index contributed by atoms with van der Waals surface area (Å²) in [5, 5.41) is 14.1. The molecule has 0 fully saturated rings. The van der Waals surface area contributed by atoms with Crippen molar-refractivity contribution in [2.75, 3.05) is 6.54 Å². The van der Waals surface area contributed by atoms with Gasteiger partial charge < -0.3 is 10.4 Å². The first-order valence-electron chi connectivity index (χ1n) is 7.33. The Hall–Kier alpha value is -1.39. The van der Waals surface area contributed by atoms with E-state index in [-0.39, 0.29) is 24.2 Å². The summed E-state index contributed by atoms with van der Waals surface area (Å²) in [6.07, 6.45) is -0.208. The molecule has 0 aliphatic rings. The maximum atomic E-state index is 12.0. The minimum Gasteiger partial charge on any atom is -0.387 e. The van der Waals surface area contributed by atoms with Crippen molar-refractivity contribution in [1.29, 1.82) is 0 Å². The molecule has 0 saturated heterocycles. The maximum absolute atomic E-state index is 12.0. The molecule has 0 aliphatic carbocycles. The first kappa shape index (κ1) is 19.7. The monoisotopic (exact) mass is 353 g/mol. The van der Waals surface area contributed by atoms with E-state index in [0.29, 0.717) is 23.6 Å². The van der Waals surface area contributed by atoms with Crippen LogP contribution >= 0.6 is 24.0 Å². The fourth-order valence-electron chi connectivity index (χ4n) is 2.24. The number of Topliss-reactive ketones (excluding diaryl/α,β-unsaturated/α-hetero) is 1. The highest BCUT2D eigenvalue weighted by Gasteiger charge is 2.15. The van der Waals surface area contributed by atoms with E-state index in [2.05, 4.69) is 5.32 Å². The van der Waals surface area contributed by atoms with Crippen LogP contribution in [0.3, 0.4) is 0 Å². The van der Waals surface area contributed by atoms with Crippen molar-refractivity contribution in [3.63, 3.8) is 0 Å². The second-order valence-corrected chi connectivity index (χ2v) is 5.71. The van der Waals surface area contributed by atoms with Crippen molar-refractivity contribution in [3.8, 4) is 0 Å². The van der Waals surface area contributed by atoms with Gasteiger partial charge in [-0.05, 0) is 36.8 Å². The van der Waals surface area contributed by atoms with Crippen LogP contribution in [0.15, 0.2) is 54.6 Å². The first-order chi connectivity index (χ1) is 10.6. The van der Waals surface area contributed by atoms with Gasteiger partial charge in [0.1, 0.15) is 0 Å². The topological polar surface area (TPSA) is 49.3 Å². The lowest BCUT2D eigenvalue weighted by molar-refractivity contribution is 0.0972. The van der Waals surface area contributed by atoms with Crippen LogP contribution in [0.25, 0.3) is 0 Å². The Morgan fingerprint density at radius 1 is 1.13 bits per heavy atom. The molecule has 0 unspecified atom stereocenters. The van der Waals surface area contributed by atoms with Crippen LogP contribution in [-0.2, 0) is 0 Å². The Kier molecular flexibility index (Phi) is 8.28. The molecule has 2 rings (SSSR count). The Labute approximate surface area is 148 Å². The van der Waals surface area contributed by atoms with Gasteiger partial charge in [-0.1, -0.05) is 41.9 Å². The van der Waals surface area contributed by atoms with Crippen molar-refractivity contribution in [3.05, 3.63) is 70.7 Å². The van der Waals surface area contributed by atoms with Gasteiger partial charge >= 0.3 is 0 Å². The van der Waals surface area contributed by atoms with Crippen molar-refractivity contribution < 1.29 is 9.90 Å². The van der Waals surface area contributed by atoms with Crippen molar-refractivity contribution >= 4 is 29.8 Å². The number of rotatable bonds is 7. The van der Waals surface area contributed by atoms with E-state index in [1.54, 1.807) is 24.3 Å². The number of aliphatic hydroxyl groups is 1. The maximum Gasteiger partial charge on any atom is 0.164 e. The fourth-order valence-corrected chi connectivity index (χ4v) is 2.37. The number of carbonyl (C=O) groups is 1. The minimum atomic E-state index is -0.591. The van der Waals surface area contributed by atoms with Crippen LogP contribution in [-0.4, -0.2) is 23.5 Å². The van der Waals surface area contributed by atoms with Gasteiger partial charge in [-0.15, -0.1) is 12.4 Å². The van der Waals surface area contributed by atoms with Crippen LogP contribution in [0.2, 0.25) is 5.02 Å². The van der Waals surface area contributed by atoms with E-state index < -0.39 is 6.10 Å². The zero-order chi connectivity index (χ0) is 15.9. The van der Waals surface area contributed by atoms with E-state index >= 15 is 0 Å². The van der Waals surface area contributed by atoms with Crippen LogP contribution in [0.5, 0.6) is 0 Å². The van der Waals surface area contributed by atoms with Crippen molar-refractivity contribution in [1.82, 2.24) is 5.32 Å². The Balaban J connectivity index is 0.00000264. The lowest BCUT2D eigenvalue weighted by atomic mass is 10.0. The lowest BCUT2D eigenvalue weighted by Crippen LogP contribution is -2.33. The molecule has 3 nitrogen and oxygen atoms in total. The van der Waals surface area contributed by atoms with Crippen molar-refractivity contribution in [2.24, 2.45) is 0 Å². The second kappa shape index (κ2) is 9.68. The summed E-state index contributed by atoms with van der Waals surface area (Å²) in [6, 6.07) is 16.3. The third-order valence-corrected chi connectivity index (χ3v) is 3.85. The number of ketones is 1. The average Bonchev–Trinajstić information content (AvgIpc) is 2.55. The molecule has 5 heteroatoms. The molecule has 0 bridgehead atoms. The zero-order valence-corrected chi connectivity index (χ0v) is 14.5. The van der Waals surface area contributed by atoms with Crippen molar-refractivity contribution in [2.45, 2.75) is 25.5 Å². The Bertz CT molecular complexity index is 602. The van der Waals surface area contributed by atoms with Gasteiger partial charge in [-0.25, -0.2) is 0 Å². The number of hydrogen-bond acceptors (Lipinski definition) is 3. The van der Waals surface area contributed by atoms with E-state index in [1.165, 1.54) is 0 Å². The summed E-state index contributed by atoms with van der Waals surface area (Å²) in [5.74, 6) is 0.0607. The first-order valence-corrected chi connectivity index (χ1v) is 7.71. The standard InChI is InChI=1S/C18H20ClNO2.ClH/c1-13(18(22)15-5-3-2-4-6-15)20-12-11-17(21)14-7-9-16(19)10-8-14;/h2-10,13,18,20,22H,11-12H2,1H3;1H/t13-,18-;/m0./s1. The summed E-state index contributed by atoms with van der Waals surface area (Å²) in [5.41, 5.74) is 1.52. The highest BCUT2D eigenvalue weighted by Crippen LogP contribution is 2.16. The number of halogens is 2. The molecule has 2 atom stereocenters. The van der Waals surface area contributed by atoms with Crippen LogP contribution in [0.1, 0.15) is 35.4 Å². The molecule has 0 heterocycles. The van der Waals surface area contributed by atoms with Gasteiger partial charge in [-0.3, -0.25) is 4.79 Å². The Morgan fingerprint density at radius 3 is 2.35 bits per heavy atom. The number of benzene rings is 2. The molecule has 0 spiro atoms.